The number of aryl methyl sites for hydroxylation is 1. The number of nitrogens with one attached hydrogen (secondary N) is 1. The summed E-state index contributed by atoms with van der Waals surface area (Å²) in [5.74, 6) is 0. The highest BCUT2D eigenvalue weighted by atomic mass is 35.5. The number of sulfonamides is 1. The van der Waals surface area contributed by atoms with Crippen LogP contribution in [0.5, 0.6) is 0 Å². The zero-order valence-electron chi connectivity index (χ0n) is 12.3. The van der Waals surface area contributed by atoms with Crippen molar-refractivity contribution in [2.75, 3.05) is 6.54 Å². The van der Waals surface area contributed by atoms with E-state index in [4.69, 9.17) is 5.73 Å². The van der Waals surface area contributed by atoms with Crippen LogP contribution in [-0.4, -0.2) is 20.5 Å². The molecule has 0 radical (unpaired) electrons. The number of nitrogens with two attached hydrogens (primary N) is 1. The van der Waals surface area contributed by atoms with Crippen LogP contribution in [0.25, 0.3) is 0 Å². The lowest BCUT2D eigenvalue weighted by Gasteiger charge is -2.26. The molecule has 1 aromatic carbocycles. The van der Waals surface area contributed by atoms with Crippen LogP contribution in [0.15, 0.2) is 29.2 Å². The number of rotatable bonds is 7. The van der Waals surface area contributed by atoms with Gasteiger partial charge in [0, 0.05) is 12.1 Å². The Hall–Kier alpha value is -0.620. The molecule has 0 bridgehead atoms. The minimum absolute atomic E-state index is 0. The zero-order chi connectivity index (χ0) is 14.5. The van der Waals surface area contributed by atoms with Gasteiger partial charge in [-0.1, -0.05) is 32.9 Å². The van der Waals surface area contributed by atoms with Crippen LogP contribution in [0.2, 0.25) is 0 Å². The largest absolute Gasteiger partial charge is 0.324 e. The molecule has 0 atom stereocenters. The van der Waals surface area contributed by atoms with E-state index in [1.807, 2.05) is 26.8 Å². The second-order valence-corrected chi connectivity index (χ2v) is 6.66. The number of benzene rings is 1. The minimum Gasteiger partial charge on any atom is -0.324 e. The van der Waals surface area contributed by atoms with E-state index < -0.39 is 15.6 Å². The van der Waals surface area contributed by atoms with Crippen LogP contribution in [0, 0.1) is 0 Å². The predicted molar refractivity (Wildman–Crippen MR) is 85.8 cm³/mol. The maximum Gasteiger partial charge on any atom is 0.240 e. The van der Waals surface area contributed by atoms with Gasteiger partial charge in [0.25, 0.3) is 0 Å². The van der Waals surface area contributed by atoms with Gasteiger partial charge in [0.15, 0.2) is 0 Å². The molecule has 3 N–H and O–H groups in total. The molecule has 0 aliphatic rings. The quantitative estimate of drug-likeness (QED) is 0.810. The van der Waals surface area contributed by atoms with Gasteiger partial charge in [-0.3, -0.25) is 0 Å². The lowest BCUT2D eigenvalue weighted by Crippen LogP contribution is -2.49. The molecular formula is C14H25ClN2O2S. The lowest BCUT2D eigenvalue weighted by molar-refractivity contribution is 0.392. The smallest absolute Gasteiger partial charge is 0.240 e. The van der Waals surface area contributed by atoms with E-state index in [1.54, 1.807) is 18.2 Å². The van der Waals surface area contributed by atoms with E-state index in [2.05, 4.69) is 4.72 Å². The summed E-state index contributed by atoms with van der Waals surface area (Å²) < 4.78 is 27.0. The maximum atomic E-state index is 12.2. The average molecular weight is 321 g/mol. The average Bonchev–Trinajstić information content (AvgIpc) is 2.45. The molecule has 0 amide bonds. The Balaban J connectivity index is 0.00000361. The van der Waals surface area contributed by atoms with Crippen LogP contribution >= 0.6 is 12.4 Å². The summed E-state index contributed by atoms with van der Waals surface area (Å²) in [4.78, 5) is 0.307. The minimum atomic E-state index is -3.48. The van der Waals surface area contributed by atoms with E-state index >= 15 is 0 Å². The van der Waals surface area contributed by atoms with Crippen LogP contribution < -0.4 is 10.5 Å². The summed E-state index contributed by atoms with van der Waals surface area (Å²) in [5.41, 5.74) is 6.64. The van der Waals surface area contributed by atoms with Crippen molar-refractivity contribution in [3.8, 4) is 0 Å². The highest BCUT2D eigenvalue weighted by Crippen LogP contribution is 2.14. The fourth-order valence-corrected chi connectivity index (χ4v) is 2.96. The molecule has 0 saturated carbocycles. The summed E-state index contributed by atoms with van der Waals surface area (Å²) >= 11 is 0. The third-order valence-electron chi connectivity index (χ3n) is 3.64. The molecule has 0 unspecified atom stereocenters. The topological polar surface area (TPSA) is 72.2 Å². The van der Waals surface area contributed by atoms with Crippen molar-refractivity contribution in [3.05, 3.63) is 29.8 Å². The molecule has 1 rings (SSSR count). The molecule has 4 nitrogen and oxygen atoms in total. The van der Waals surface area contributed by atoms with E-state index in [0.29, 0.717) is 4.90 Å². The Labute approximate surface area is 128 Å². The van der Waals surface area contributed by atoms with Crippen molar-refractivity contribution in [2.45, 2.75) is 50.5 Å². The summed E-state index contributed by atoms with van der Waals surface area (Å²) in [6, 6.07) is 7.00. The van der Waals surface area contributed by atoms with Crippen molar-refractivity contribution in [2.24, 2.45) is 5.73 Å². The molecule has 0 fully saturated rings. The third-order valence-corrected chi connectivity index (χ3v) is 5.04. The first-order chi connectivity index (χ1) is 8.87. The van der Waals surface area contributed by atoms with Gasteiger partial charge in [-0.2, -0.15) is 0 Å². The Kier molecular flexibility index (Phi) is 7.73. The van der Waals surface area contributed by atoms with Crippen molar-refractivity contribution >= 4 is 22.4 Å². The van der Waals surface area contributed by atoms with E-state index in [9.17, 15) is 8.42 Å². The number of halogens is 1. The van der Waals surface area contributed by atoms with Crippen molar-refractivity contribution in [3.63, 3.8) is 0 Å². The fourth-order valence-electron chi connectivity index (χ4n) is 1.75. The molecular weight excluding hydrogens is 296 g/mol. The first kappa shape index (κ1) is 19.4. The van der Waals surface area contributed by atoms with Gasteiger partial charge >= 0.3 is 0 Å². The Bertz CT molecular complexity index is 514. The Morgan fingerprint density at radius 1 is 1.20 bits per heavy atom. The van der Waals surface area contributed by atoms with Crippen LogP contribution in [0.1, 0.15) is 39.2 Å². The summed E-state index contributed by atoms with van der Waals surface area (Å²) in [7, 11) is -3.48. The lowest BCUT2D eigenvalue weighted by atomic mass is 9.95. The summed E-state index contributed by atoms with van der Waals surface area (Å²) in [5, 5.41) is 0. The monoisotopic (exact) mass is 320 g/mol. The molecule has 6 heteroatoms. The molecule has 0 aliphatic heterocycles. The maximum absolute atomic E-state index is 12.2. The van der Waals surface area contributed by atoms with Gasteiger partial charge in [-0.25, -0.2) is 13.1 Å². The third kappa shape index (κ3) is 5.05. The zero-order valence-corrected chi connectivity index (χ0v) is 14.0. The van der Waals surface area contributed by atoms with E-state index in [0.717, 1.165) is 24.8 Å². The second kappa shape index (κ2) is 7.98. The SMILES string of the molecule is CCc1cccc(S(=O)(=O)NCC(N)(CC)CC)c1.Cl. The highest BCUT2D eigenvalue weighted by molar-refractivity contribution is 7.89. The first-order valence-corrected chi connectivity index (χ1v) is 8.22. The standard InChI is InChI=1S/C14H24N2O2S.ClH/c1-4-12-8-7-9-13(10-12)19(17,18)16-11-14(15,5-2)6-3;/h7-10,16H,4-6,11,15H2,1-3H3;1H. The van der Waals surface area contributed by atoms with Gasteiger partial charge in [0.2, 0.25) is 10.0 Å². The van der Waals surface area contributed by atoms with Gasteiger partial charge < -0.3 is 5.73 Å². The molecule has 0 saturated heterocycles. The normalized spacial score (nSPS) is 12.0. The first-order valence-electron chi connectivity index (χ1n) is 6.74. The van der Waals surface area contributed by atoms with Crippen LogP contribution in [0.3, 0.4) is 0 Å². The van der Waals surface area contributed by atoms with Crippen molar-refractivity contribution in [1.82, 2.24) is 4.72 Å². The molecule has 0 heterocycles. The van der Waals surface area contributed by atoms with Gasteiger partial charge in [-0.15, -0.1) is 12.4 Å². The van der Waals surface area contributed by atoms with Crippen molar-refractivity contribution < 1.29 is 8.42 Å². The molecule has 116 valence electrons. The van der Waals surface area contributed by atoms with Gasteiger partial charge in [0.1, 0.15) is 0 Å². The number of hydrogen-bond donors (Lipinski definition) is 2. The Morgan fingerprint density at radius 2 is 1.80 bits per heavy atom. The van der Waals surface area contributed by atoms with E-state index in [-0.39, 0.29) is 19.0 Å². The molecule has 0 spiro atoms. The van der Waals surface area contributed by atoms with Gasteiger partial charge in [-0.05, 0) is 37.0 Å². The molecule has 1 aromatic rings. The molecule has 0 aromatic heterocycles. The van der Waals surface area contributed by atoms with Crippen LogP contribution in [0.4, 0.5) is 0 Å². The van der Waals surface area contributed by atoms with Crippen LogP contribution in [-0.2, 0) is 16.4 Å². The second-order valence-electron chi connectivity index (χ2n) is 4.89. The Morgan fingerprint density at radius 3 is 2.30 bits per heavy atom. The van der Waals surface area contributed by atoms with E-state index in [1.165, 1.54) is 0 Å². The van der Waals surface area contributed by atoms with Gasteiger partial charge in [0.05, 0.1) is 4.90 Å². The predicted octanol–water partition coefficient (Wildman–Crippen LogP) is 2.47. The van der Waals surface area contributed by atoms with Crippen molar-refractivity contribution in [1.29, 1.82) is 0 Å². The summed E-state index contributed by atoms with van der Waals surface area (Å²) in [6.45, 7) is 6.20. The highest BCUT2D eigenvalue weighted by Gasteiger charge is 2.24. The molecule has 0 aliphatic carbocycles. The number of hydrogen-bond acceptors (Lipinski definition) is 3. The fraction of sp³-hybridized carbons (Fsp3) is 0.571. The molecule has 20 heavy (non-hydrogen) atoms. The summed E-state index contributed by atoms with van der Waals surface area (Å²) in [6.07, 6.45) is 2.29.